The average molecular weight is 264 g/mol. The largest absolute Gasteiger partial charge is 0.378 e. The quantitative estimate of drug-likeness (QED) is 0.788. The van der Waals surface area contributed by atoms with Crippen LogP contribution in [-0.4, -0.2) is 18.6 Å². The minimum atomic E-state index is -1.17. The van der Waals surface area contributed by atoms with Crippen LogP contribution in [0.4, 0.5) is 0 Å². The van der Waals surface area contributed by atoms with Gasteiger partial charge in [0.05, 0.1) is 6.10 Å². The van der Waals surface area contributed by atoms with Crippen LogP contribution in [0.25, 0.3) is 0 Å². The van der Waals surface area contributed by atoms with Crippen LogP contribution in [0, 0.1) is 5.92 Å². The van der Waals surface area contributed by atoms with Gasteiger partial charge in [-0.2, -0.15) is 0 Å². The first-order chi connectivity index (χ1) is 8.88. The molecule has 0 aromatic heterocycles. The van der Waals surface area contributed by atoms with Gasteiger partial charge in [-0.3, -0.25) is 4.79 Å². The average Bonchev–Trinajstić information content (AvgIpc) is 2.39. The van der Waals surface area contributed by atoms with Crippen molar-refractivity contribution >= 4 is 5.91 Å². The zero-order valence-electron chi connectivity index (χ0n) is 11.9. The topological polar surface area (TPSA) is 78.3 Å². The SMILES string of the molecule is CC(C)C(C)OCCC(N)(C(N)=O)c1ccccc1. The fourth-order valence-electron chi connectivity index (χ4n) is 1.74. The van der Waals surface area contributed by atoms with E-state index in [0.29, 0.717) is 18.9 Å². The van der Waals surface area contributed by atoms with Crippen LogP contribution in [0.2, 0.25) is 0 Å². The van der Waals surface area contributed by atoms with Gasteiger partial charge in [-0.1, -0.05) is 44.2 Å². The minimum Gasteiger partial charge on any atom is -0.378 e. The highest BCUT2D eigenvalue weighted by Gasteiger charge is 2.33. The van der Waals surface area contributed by atoms with Gasteiger partial charge in [-0.05, 0) is 18.4 Å². The van der Waals surface area contributed by atoms with Gasteiger partial charge >= 0.3 is 0 Å². The number of carbonyl (C=O) groups excluding carboxylic acids is 1. The molecule has 1 aromatic carbocycles. The Hall–Kier alpha value is -1.39. The van der Waals surface area contributed by atoms with Gasteiger partial charge in [-0.15, -0.1) is 0 Å². The van der Waals surface area contributed by atoms with Crippen LogP contribution in [0.15, 0.2) is 30.3 Å². The molecule has 1 amide bonds. The lowest BCUT2D eigenvalue weighted by atomic mass is 9.87. The predicted octanol–water partition coefficient (Wildman–Crippen LogP) is 1.78. The summed E-state index contributed by atoms with van der Waals surface area (Å²) in [5, 5.41) is 0. The molecule has 0 aliphatic carbocycles. The molecular weight excluding hydrogens is 240 g/mol. The molecule has 1 aromatic rings. The van der Waals surface area contributed by atoms with Crippen molar-refractivity contribution in [1.29, 1.82) is 0 Å². The molecule has 0 saturated carbocycles. The summed E-state index contributed by atoms with van der Waals surface area (Å²) < 4.78 is 5.68. The van der Waals surface area contributed by atoms with Crippen LogP contribution in [0.1, 0.15) is 32.8 Å². The first-order valence-electron chi connectivity index (χ1n) is 6.64. The summed E-state index contributed by atoms with van der Waals surface area (Å²) in [6.07, 6.45) is 0.511. The van der Waals surface area contributed by atoms with Gasteiger partial charge in [0.25, 0.3) is 0 Å². The maximum Gasteiger partial charge on any atom is 0.242 e. The van der Waals surface area contributed by atoms with Gasteiger partial charge in [0.15, 0.2) is 0 Å². The van der Waals surface area contributed by atoms with E-state index in [1.54, 1.807) is 0 Å². The third-order valence-corrected chi connectivity index (χ3v) is 3.54. The molecule has 0 aliphatic rings. The number of hydrogen-bond acceptors (Lipinski definition) is 3. The summed E-state index contributed by atoms with van der Waals surface area (Å²) in [4.78, 5) is 11.7. The van der Waals surface area contributed by atoms with Gasteiger partial charge < -0.3 is 16.2 Å². The van der Waals surface area contributed by atoms with E-state index in [9.17, 15) is 4.79 Å². The van der Waals surface area contributed by atoms with Gasteiger partial charge in [0.1, 0.15) is 5.54 Å². The molecule has 4 heteroatoms. The fourth-order valence-corrected chi connectivity index (χ4v) is 1.74. The molecule has 106 valence electrons. The zero-order chi connectivity index (χ0) is 14.5. The smallest absolute Gasteiger partial charge is 0.242 e. The number of nitrogens with two attached hydrogens (primary N) is 2. The fraction of sp³-hybridized carbons (Fsp3) is 0.533. The number of carbonyl (C=O) groups is 1. The molecule has 4 nitrogen and oxygen atoms in total. The lowest BCUT2D eigenvalue weighted by molar-refractivity contribution is -0.124. The first kappa shape index (κ1) is 15.7. The Balaban J connectivity index is 2.71. The summed E-state index contributed by atoms with van der Waals surface area (Å²) in [6, 6.07) is 9.20. The molecule has 0 aliphatic heterocycles. The van der Waals surface area contributed by atoms with Crippen LogP contribution in [0.5, 0.6) is 0 Å². The van der Waals surface area contributed by atoms with E-state index in [2.05, 4.69) is 13.8 Å². The number of benzene rings is 1. The normalized spacial score (nSPS) is 16.1. The highest BCUT2D eigenvalue weighted by atomic mass is 16.5. The molecule has 0 saturated heterocycles. The number of hydrogen-bond donors (Lipinski definition) is 2. The van der Waals surface area contributed by atoms with E-state index in [-0.39, 0.29) is 6.10 Å². The lowest BCUT2D eigenvalue weighted by Gasteiger charge is -2.27. The zero-order valence-corrected chi connectivity index (χ0v) is 11.9. The molecule has 2 atom stereocenters. The molecule has 0 spiro atoms. The first-order valence-corrected chi connectivity index (χ1v) is 6.64. The van der Waals surface area contributed by atoms with Crippen LogP contribution in [0.3, 0.4) is 0 Å². The Morgan fingerprint density at radius 1 is 1.26 bits per heavy atom. The summed E-state index contributed by atoms with van der Waals surface area (Å²) in [6.45, 7) is 6.60. The van der Waals surface area contributed by atoms with Crippen molar-refractivity contribution in [1.82, 2.24) is 0 Å². The third-order valence-electron chi connectivity index (χ3n) is 3.54. The monoisotopic (exact) mass is 264 g/mol. The second-order valence-electron chi connectivity index (χ2n) is 5.27. The lowest BCUT2D eigenvalue weighted by Crippen LogP contribution is -2.50. The summed E-state index contributed by atoms with van der Waals surface area (Å²) >= 11 is 0. The van der Waals surface area contributed by atoms with E-state index in [1.807, 2.05) is 37.3 Å². The number of primary amides is 1. The minimum absolute atomic E-state index is 0.132. The molecule has 0 bridgehead atoms. The molecule has 19 heavy (non-hydrogen) atoms. The standard InChI is InChI=1S/C15H24N2O2/c1-11(2)12(3)19-10-9-15(17,14(16)18)13-7-5-4-6-8-13/h4-8,11-12H,9-10,17H2,1-3H3,(H2,16,18). The molecule has 0 fully saturated rings. The van der Waals surface area contributed by atoms with Crippen LogP contribution >= 0.6 is 0 Å². The van der Waals surface area contributed by atoms with Crippen molar-refractivity contribution < 1.29 is 9.53 Å². The van der Waals surface area contributed by atoms with Crippen molar-refractivity contribution in [2.75, 3.05) is 6.61 Å². The van der Waals surface area contributed by atoms with Crippen molar-refractivity contribution in [3.05, 3.63) is 35.9 Å². The van der Waals surface area contributed by atoms with Crippen molar-refractivity contribution in [2.45, 2.75) is 38.8 Å². The molecular formula is C15H24N2O2. The molecule has 0 heterocycles. The summed E-state index contributed by atoms with van der Waals surface area (Å²) in [5.74, 6) is -0.100. The summed E-state index contributed by atoms with van der Waals surface area (Å²) in [5.41, 5.74) is 11.2. The van der Waals surface area contributed by atoms with Gasteiger partial charge in [-0.25, -0.2) is 0 Å². The second kappa shape index (κ2) is 6.68. The Kier molecular flexibility index (Phi) is 5.51. The van der Waals surface area contributed by atoms with E-state index in [1.165, 1.54) is 0 Å². The van der Waals surface area contributed by atoms with Gasteiger partial charge in [0, 0.05) is 13.0 Å². The highest BCUT2D eigenvalue weighted by Crippen LogP contribution is 2.22. The molecule has 1 rings (SSSR count). The van der Waals surface area contributed by atoms with Crippen molar-refractivity contribution in [3.8, 4) is 0 Å². The van der Waals surface area contributed by atoms with E-state index < -0.39 is 11.4 Å². The Morgan fingerprint density at radius 3 is 2.32 bits per heavy atom. The van der Waals surface area contributed by atoms with E-state index in [0.717, 1.165) is 5.56 Å². The number of rotatable bonds is 7. The maximum atomic E-state index is 11.7. The summed E-state index contributed by atoms with van der Waals surface area (Å²) in [7, 11) is 0. The highest BCUT2D eigenvalue weighted by molar-refractivity contribution is 5.85. The van der Waals surface area contributed by atoms with Crippen molar-refractivity contribution in [3.63, 3.8) is 0 Å². The third kappa shape index (κ3) is 4.04. The molecule has 2 unspecified atom stereocenters. The van der Waals surface area contributed by atoms with E-state index in [4.69, 9.17) is 16.2 Å². The van der Waals surface area contributed by atoms with Crippen LogP contribution < -0.4 is 11.5 Å². The van der Waals surface area contributed by atoms with Crippen LogP contribution in [-0.2, 0) is 15.1 Å². The molecule has 0 radical (unpaired) electrons. The second-order valence-corrected chi connectivity index (χ2v) is 5.27. The number of amides is 1. The Morgan fingerprint density at radius 2 is 1.84 bits per heavy atom. The Labute approximate surface area is 115 Å². The van der Waals surface area contributed by atoms with E-state index >= 15 is 0 Å². The van der Waals surface area contributed by atoms with Crippen molar-refractivity contribution in [2.24, 2.45) is 17.4 Å². The maximum absolute atomic E-state index is 11.7. The molecule has 4 N–H and O–H groups in total. The Bertz CT molecular complexity index is 406. The van der Waals surface area contributed by atoms with Gasteiger partial charge in [0.2, 0.25) is 5.91 Å². The number of ether oxygens (including phenoxy) is 1. The predicted molar refractivity (Wildman–Crippen MR) is 76.4 cm³/mol.